The fraction of sp³-hybridized carbons (Fsp3) is 0.188. The van der Waals surface area contributed by atoms with Gasteiger partial charge in [0.15, 0.2) is 0 Å². The second-order valence-electron chi connectivity index (χ2n) is 4.95. The van der Waals surface area contributed by atoms with Crippen molar-refractivity contribution in [3.63, 3.8) is 0 Å². The van der Waals surface area contributed by atoms with E-state index < -0.39 is 0 Å². The van der Waals surface area contributed by atoms with E-state index in [0.29, 0.717) is 6.61 Å². The van der Waals surface area contributed by atoms with Gasteiger partial charge in [-0.05, 0) is 24.3 Å². The first-order valence-corrected chi connectivity index (χ1v) is 7.54. The predicted molar refractivity (Wildman–Crippen MR) is 88.1 cm³/mol. The summed E-state index contributed by atoms with van der Waals surface area (Å²) in [7, 11) is 0. The number of hydrogen-bond donors (Lipinski definition) is 2. The van der Waals surface area contributed by atoms with Crippen molar-refractivity contribution in [2.45, 2.75) is 6.54 Å². The lowest BCUT2D eigenvalue weighted by atomic mass is 10.1. The topological polar surface area (TPSA) is 62.3 Å². The average Bonchev–Trinajstić information content (AvgIpc) is 2.68. The lowest BCUT2D eigenvalue weighted by molar-refractivity contribution is 0.331. The minimum Gasteiger partial charge on any atom is -0.491 e. The number of nitrogens with one attached hydrogen (secondary N) is 1. The molecular weight excluding hydrogens is 330 g/mol. The fourth-order valence-corrected chi connectivity index (χ4v) is 2.87. The van der Waals surface area contributed by atoms with Crippen LogP contribution in [0.4, 0.5) is 5.69 Å². The summed E-state index contributed by atoms with van der Waals surface area (Å²) in [5.74, 6) is 1.01. The maximum absolute atomic E-state index is 7.77. The Balaban J connectivity index is 2.01. The van der Waals surface area contributed by atoms with Crippen LogP contribution in [0.15, 0.2) is 46.9 Å². The molecule has 0 fully saturated rings. The summed E-state index contributed by atoms with van der Waals surface area (Å²) in [6.45, 7) is 2.11. The van der Waals surface area contributed by atoms with Gasteiger partial charge in [-0.25, -0.2) is 0 Å². The van der Waals surface area contributed by atoms with Gasteiger partial charge in [-0.2, -0.15) is 0 Å². The van der Waals surface area contributed by atoms with E-state index in [1.807, 2.05) is 36.4 Å². The van der Waals surface area contributed by atoms with E-state index in [0.717, 1.165) is 40.1 Å². The zero-order valence-electron chi connectivity index (χ0n) is 11.5. The molecule has 0 unspecified atom stereocenters. The van der Waals surface area contributed by atoms with E-state index in [4.69, 9.17) is 15.9 Å². The summed E-state index contributed by atoms with van der Waals surface area (Å²) in [4.78, 5) is 2.20. The molecule has 0 saturated heterocycles. The minimum atomic E-state index is 0.0796. The molecule has 1 aliphatic heterocycles. The van der Waals surface area contributed by atoms with Crippen LogP contribution in [0.1, 0.15) is 11.1 Å². The van der Waals surface area contributed by atoms with Crippen molar-refractivity contribution in [2.75, 3.05) is 18.1 Å². The number of hydrogen-bond acceptors (Lipinski definition) is 3. The van der Waals surface area contributed by atoms with Crippen LogP contribution in [0.5, 0.6) is 5.75 Å². The Morgan fingerprint density at radius 1 is 1.24 bits per heavy atom. The molecule has 1 heterocycles. The number of amidine groups is 1. The molecule has 0 saturated carbocycles. The van der Waals surface area contributed by atoms with Crippen LogP contribution in [0, 0.1) is 5.41 Å². The standard InChI is InChI=1S/C16H16BrN3O/c17-12-5-6-13(16(18)19)14(9-12)20-7-8-21-15-4-2-1-3-11(15)10-20/h1-6,9H,7-8,10H2,(H3,18,19). The number of nitrogens with zero attached hydrogens (tertiary/aromatic N) is 1. The van der Waals surface area contributed by atoms with Gasteiger partial charge >= 0.3 is 0 Å². The van der Waals surface area contributed by atoms with Crippen LogP contribution in [0.3, 0.4) is 0 Å². The van der Waals surface area contributed by atoms with Gasteiger partial charge in [-0.3, -0.25) is 5.41 Å². The van der Waals surface area contributed by atoms with Crippen LogP contribution < -0.4 is 15.4 Å². The molecule has 0 amide bonds. The first-order chi connectivity index (χ1) is 10.1. The minimum absolute atomic E-state index is 0.0796. The average molecular weight is 346 g/mol. The molecule has 3 rings (SSSR count). The Morgan fingerprint density at radius 2 is 2.05 bits per heavy atom. The second-order valence-corrected chi connectivity index (χ2v) is 5.87. The van der Waals surface area contributed by atoms with Gasteiger partial charge in [0, 0.05) is 27.8 Å². The van der Waals surface area contributed by atoms with Gasteiger partial charge in [-0.15, -0.1) is 0 Å². The fourth-order valence-electron chi connectivity index (χ4n) is 2.53. The monoisotopic (exact) mass is 345 g/mol. The molecule has 4 nitrogen and oxygen atoms in total. The maximum atomic E-state index is 7.77. The maximum Gasteiger partial charge on any atom is 0.124 e. The third-order valence-electron chi connectivity index (χ3n) is 3.54. The van der Waals surface area contributed by atoms with Crippen molar-refractivity contribution in [1.29, 1.82) is 5.41 Å². The molecule has 0 spiro atoms. The third kappa shape index (κ3) is 2.88. The number of benzene rings is 2. The number of ether oxygens (including phenoxy) is 1. The van der Waals surface area contributed by atoms with Crippen LogP contribution >= 0.6 is 15.9 Å². The molecule has 2 aromatic carbocycles. The van der Waals surface area contributed by atoms with Gasteiger partial charge in [0.05, 0.1) is 6.54 Å². The van der Waals surface area contributed by atoms with Gasteiger partial charge in [0.25, 0.3) is 0 Å². The van der Waals surface area contributed by atoms with Crippen molar-refractivity contribution >= 4 is 27.5 Å². The number of nitrogen functional groups attached to an aromatic ring is 1. The highest BCUT2D eigenvalue weighted by atomic mass is 79.9. The summed E-state index contributed by atoms with van der Waals surface area (Å²) < 4.78 is 6.77. The molecule has 108 valence electrons. The number of para-hydroxylation sites is 1. The Labute approximate surface area is 132 Å². The zero-order chi connectivity index (χ0) is 14.8. The summed E-state index contributed by atoms with van der Waals surface area (Å²) in [5.41, 5.74) is 8.56. The van der Waals surface area contributed by atoms with Crippen molar-refractivity contribution in [2.24, 2.45) is 5.73 Å². The van der Waals surface area contributed by atoms with Crippen molar-refractivity contribution in [3.8, 4) is 5.75 Å². The van der Waals surface area contributed by atoms with Crippen LogP contribution in [-0.2, 0) is 6.54 Å². The summed E-state index contributed by atoms with van der Waals surface area (Å²) in [5, 5.41) is 7.77. The zero-order valence-corrected chi connectivity index (χ0v) is 13.1. The summed E-state index contributed by atoms with van der Waals surface area (Å²) >= 11 is 3.49. The largest absolute Gasteiger partial charge is 0.491 e. The van der Waals surface area contributed by atoms with E-state index in [9.17, 15) is 0 Å². The van der Waals surface area contributed by atoms with Crippen molar-refractivity contribution < 1.29 is 4.74 Å². The van der Waals surface area contributed by atoms with Gasteiger partial charge in [-0.1, -0.05) is 34.1 Å². The van der Waals surface area contributed by atoms with Crippen molar-refractivity contribution in [3.05, 3.63) is 58.1 Å². The molecule has 5 heteroatoms. The van der Waals surface area contributed by atoms with E-state index in [1.54, 1.807) is 0 Å². The molecule has 1 aliphatic rings. The normalized spacial score (nSPS) is 14.0. The van der Waals surface area contributed by atoms with Crippen LogP contribution in [0.25, 0.3) is 0 Å². The summed E-state index contributed by atoms with van der Waals surface area (Å²) in [6.07, 6.45) is 0. The van der Waals surface area contributed by atoms with E-state index in [2.05, 4.69) is 26.9 Å². The number of fused-ring (bicyclic) bond motifs is 1. The molecule has 0 aliphatic carbocycles. The summed E-state index contributed by atoms with van der Waals surface area (Å²) in [6, 6.07) is 13.8. The quantitative estimate of drug-likeness (QED) is 0.649. The van der Waals surface area contributed by atoms with Gasteiger partial charge in [0.1, 0.15) is 18.2 Å². The lowest BCUT2D eigenvalue weighted by Gasteiger charge is -2.25. The smallest absolute Gasteiger partial charge is 0.124 e. The highest BCUT2D eigenvalue weighted by Gasteiger charge is 2.18. The molecule has 3 N–H and O–H groups in total. The highest BCUT2D eigenvalue weighted by molar-refractivity contribution is 9.10. The first kappa shape index (κ1) is 13.9. The van der Waals surface area contributed by atoms with E-state index >= 15 is 0 Å². The third-order valence-corrected chi connectivity index (χ3v) is 4.04. The Hall–Kier alpha value is -2.01. The number of halogens is 1. The number of rotatable bonds is 2. The highest BCUT2D eigenvalue weighted by Crippen LogP contribution is 2.30. The van der Waals surface area contributed by atoms with Gasteiger partial charge < -0.3 is 15.4 Å². The molecular formula is C16H16BrN3O. The Kier molecular flexibility index (Phi) is 3.84. The first-order valence-electron chi connectivity index (χ1n) is 6.75. The molecule has 0 radical (unpaired) electrons. The number of anilines is 1. The molecule has 2 aromatic rings. The lowest BCUT2D eigenvalue weighted by Crippen LogP contribution is -2.28. The molecule has 0 aromatic heterocycles. The molecule has 0 bridgehead atoms. The second kappa shape index (κ2) is 5.77. The van der Waals surface area contributed by atoms with Gasteiger partial charge in [0.2, 0.25) is 0 Å². The van der Waals surface area contributed by atoms with E-state index in [1.165, 1.54) is 0 Å². The Bertz CT molecular complexity index is 687. The van der Waals surface area contributed by atoms with E-state index in [-0.39, 0.29) is 5.84 Å². The molecule has 0 atom stereocenters. The SMILES string of the molecule is N=C(N)c1ccc(Br)cc1N1CCOc2ccccc2C1. The number of nitrogens with two attached hydrogens (primary N) is 1. The van der Waals surface area contributed by atoms with Crippen LogP contribution in [-0.4, -0.2) is 19.0 Å². The predicted octanol–water partition coefficient (Wildman–Crippen LogP) is 3.13. The van der Waals surface area contributed by atoms with Crippen molar-refractivity contribution in [1.82, 2.24) is 0 Å². The van der Waals surface area contributed by atoms with Crippen LogP contribution in [0.2, 0.25) is 0 Å². The Morgan fingerprint density at radius 3 is 2.86 bits per heavy atom. The molecule has 21 heavy (non-hydrogen) atoms.